The van der Waals surface area contributed by atoms with Gasteiger partial charge in [-0.15, -0.1) is 0 Å². The van der Waals surface area contributed by atoms with Gasteiger partial charge >= 0.3 is 0 Å². The minimum absolute atomic E-state index is 0.00444. The SMILES string of the molecule is CCc1cc(-c2ncc(NS(=O)(=O)c3ccccc3Cl)cn2)cc2cnc(NC3CCCCC3)nc12. The summed E-state index contributed by atoms with van der Waals surface area (Å²) in [4.78, 5) is 18.2. The number of anilines is 2. The Hall–Kier alpha value is -3.30. The fourth-order valence-electron chi connectivity index (χ4n) is 4.52. The predicted octanol–water partition coefficient (Wildman–Crippen LogP) is 5.85. The lowest BCUT2D eigenvalue weighted by Crippen LogP contribution is -2.23. The monoisotopic (exact) mass is 522 g/mol. The first-order valence-corrected chi connectivity index (χ1v) is 13.9. The number of aryl methyl sites for hydroxylation is 1. The number of halogens is 1. The molecule has 1 aliphatic rings. The van der Waals surface area contributed by atoms with E-state index in [1.807, 2.05) is 18.3 Å². The van der Waals surface area contributed by atoms with Crippen molar-refractivity contribution in [1.29, 1.82) is 0 Å². The Morgan fingerprint density at radius 2 is 1.75 bits per heavy atom. The van der Waals surface area contributed by atoms with Crippen LogP contribution in [0.25, 0.3) is 22.3 Å². The molecule has 1 aliphatic carbocycles. The van der Waals surface area contributed by atoms with Crippen LogP contribution in [0.4, 0.5) is 11.6 Å². The van der Waals surface area contributed by atoms with Gasteiger partial charge in [-0.1, -0.05) is 49.9 Å². The maximum atomic E-state index is 12.7. The van der Waals surface area contributed by atoms with E-state index in [4.69, 9.17) is 16.6 Å². The van der Waals surface area contributed by atoms with Crippen molar-refractivity contribution in [1.82, 2.24) is 19.9 Å². The van der Waals surface area contributed by atoms with E-state index in [1.165, 1.54) is 43.8 Å². The van der Waals surface area contributed by atoms with Crippen molar-refractivity contribution in [3.63, 3.8) is 0 Å². The van der Waals surface area contributed by atoms with Crippen LogP contribution >= 0.6 is 11.6 Å². The molecule has 10 heteroatoms. The van der Waals surface area contributed by atoms with E-state index in [1.54, 1.807) is 12.1 Å². The first-order valence-electron chi connectivity index (χ1n) is 12.1. The fraction of sp³-hybridized carbons (Fsp3) is 0.308. The molecule has 2 aromatic carbocycles. The molecule has 1 saturated carbocycles. The second-order valence-electron chi connectivity index (χ2n) is 8.93. The van der Waals surface area contributed by atoms with Gasteiger partial charge in [0.05, 0.1) is 28.6 Å². The first kappa shape index (κ1) is 24.4. The van der Waals surface area contributed by atoms with Crippen molar-refractivity contribution in [2.24, 2.45) is 0 Å². The summed E-state index contributed by atoms with van der Waals surface area (Å²) in [6.45, 7) is 2.09. The Morgan fingerprint density at radius 3 is 2.47 bits per heavy atom. The Labute approximate surface area is 215 Å². The van der Waals surface area contributed by atoms with Crippen LogP contribution in [0.2, 0.25) is 5.02 Å². The van der Waals surface area contributed by atoms with Gasteiger partial charge in [-0.3, -0.25) is 4.72 Å². The number of benzene rings is 2. The third-order valence-electron chi connectivity index (χ3n) is 6.37. The molecule has 0 spiro atoms. The van der Waals surface area contributed by atoms with Crippen LogP contribution in [-0.4, -0.2) is 34.4 Å². The number of aromatic nitrogens is 4. The summed E-state index contributed by atoms with van der Waals surface area (Å²) in [5.74, 6) is 1.15. The molecular weight excluding hydrogens is 496 g/mol. The zero-order valence-electron chi connectivity index (χ0n) is 19.9. The zero-order valence-corrected chi connectivity index (χ0v) is 21.5. The van der Waals surface area contributed by atoms with Gasteiger partial charge in [0.1, 0.15) is 4.90 Å². The molecule has 0 saturated heterocycles. The van der Waals surface area contributed by atoms with E-state index in [9.17, 15) is 8.42 Å². The van der Waals surface area contributed by atoms with Gasteiger partial charge < -0.3 is 5.32 Å². The lowest BCUT2D eigenvalue weighted by atomic mass is 9.96. The second kappa shape index (κ2) is 10.4. The van der Waals surface area contributed by atoms with Gasteiger partial charge in [0.15, 0.2) is 5.82 Å². The highest BCUT2D eigenvalue weighted by Crippen LogP contribution is 2.28. The number of hydrogen-bond donors (Lipinski definition) is 2. The highest BCUT2D eigenvalue weighted by atomic mass is 35.5. The number of nitrogens with zero attached hydrogens (tertiary/aromatic N) is 4. The van der Waals surface area contributed by atoms with E-state index in [0.717, 1.165) is 41.3 Å². The maximum absolute atomic E-state index is 12.7. The largest absolute Gasteiger partial charge is 0.351 e. The van der Waals surface area contributed by atoms with E-state index in [0.29, 0.717) is 17.8 Å². The van der Waals surface area contributed by atoms with Crippen molar-refractivity contribution in [2.75, 3.05) is 10.0 Å². The average Bonchev–Trinajstić information content (AvgIpc) is 2.89. The molecule has 8 nitrogen and oxygen atoms in total. The highest BCUT2D eigenvalue weighted by Gasteiger charge is 2.19. The molecule has 0 aliphatic heterocycles. The highest BCUT2D eigenvalue weighted by molar-refractivity contribution is 7.92. The molecule has 5 rings (SSSR count). The molecule has 36 heavy (non-hydrogen) atoms. The molecule has 4 aromatic rings. The van der Waals surface area contributed by atoms with Crippen LogP contribution in [-0.2, 0) is 16.4 Å². The number of rotatable bonds is 7. The normalized spacial score (nSPS) is 14.6. The minimum Gasteiger partial charge on any atom is -0.351 e. The van der Waals surface area contributed by atoms with E-state index in [-0.39, 0.29) is 15.6 Å². The van der Waals surface area contributed by atoms with Crippen molar-refractivity contribution >= 4 is 44.2 Å². The molecule has 2 heterocycles. The summed E-state index contributed by atoms with van der Waals surface area (Å²) in [6.07, 6.45) is 11.6. The number of hydrogen-bond acceptors (Lipinski definition) is 7. The topological polar surface area (TPSA) is 110 Å². The molecule has 1 fully saturated rings. The van der Waals surface area contributed by atoms with Crippen LogP contribution in [0.5, 0.6) is 0 Å². The number of nitrogens with one attached hydrogen (secondary N) is 2. The van der Waals surface area contributed by atoms with Gasteiger partial charge in [-0.2, -0.15) is 0 Å². The van der Waals surface area contributed by atoms with Gasteiger partial charge in [-0.05, 0) is 49.1 Å². The van der Waals surface area contributed by atoms with Gasteiger partial charge in [0, 0.05) is 23.2 Å². The fourth-order valence-corrected chi connectivity index (χ4v) is 6.07. The summed E-state index contributed by atoms with van der Waals surface area (Å²) < 4.78 is 27.9. The lowest BCUT2D eigenvalue weighted by molar-refractivity contribution is 0.461. The summed E-state index contributed by atoms with van der Waals surface area (Å²) >= 11 is 6.05. The molecule has 2 aromatic heterocycles. The van der Waals surface area contributed by atoms with Crippen LogP contribution in [0, 0.1) is 0 Å². The number of sulfonamides is 1. The first-order chi connectivity index (χ1) is 17.4. The molecule has 0 unspecified atom stereocenters. The molecular formula is C26H27ClN6O2S. The maximum Gasteiger partial charge on any atom is 0.263 e. The Kier molecular flexibility index (Phi) is 7.02. The average molecular weight is 523 g/mol. The van der Waals surface area contributed by atoms with Crippen LogP contribution in [0.15, 0.2) is 59.9 Å². The smallest absolute Gasteiger partial charge is 0.263 e. The molecule has 2 N–H and O–H groups in total. The lowest BCUT2D eigenvalue weighted by Gasteiger charge is -2.22. The van der Waals surface area contributed by atoms with E-state index in [2.05, 4.69) is 31.9 Å². The number of fused-ring (bicyclic) bond motifs is 1. The van der Waals surface area contributed by atoms with E-state index >= 15 is 0 Å². The third kappa shape index (κ3) is 5.27. The quantitative estimate of drug-likeness (QED) is 0.313. The van der Waals surface area contributed by atoms with Crippen LogP contribution < -0.4 is 10.0 Å². The third-order valence-corrected chi connectivity index (χ3v) is 8.25. The standard InChI is InChI=1S/C26H27ClN6O2S/c1-2-17-12-18(13-19-14-30-26(32-24(17)19)31-20-8-4-3-5-9-20)25-28-15-21(16-29-25)33-36(34,35)23-11-7-6-10-22(23)27/h6-7,10-16,20,33H,2-5,8-9H2,1H3,(H,30,31,32). The van der Waals surface area contributed by atoms with Crippen molar-refractivity contribution in [3.8, 4) is 11.4 Å². The van der Waals surface area contributed by atoms with E-state index < -0.39 is 10.0 Å². The van der Waals surface area contributed by atoms with Crippen molar-refractivity contribution in [3.05, 3.63) is 65.6 Å². The summed E-state index contributed by atoms with van der Waals surface area (Å²) in [5.41, 5.74) is 3.05. The molecule has 186 valence electrons. The molecule has 0 bridgehead atoms. The van der Waals surface area contributed by atoms with Crippen LogP contribution in [0.1, 0.15) is 44.6 Å². The van der Waals surface area contributed by atoms with Crippen molar-refractivity contribution < 1.29 is 8.42 Å². The van der Waals surface area contributed by atoms with Crippen LogP contribution in [0.3, 0.4) is 0 Å². The van der Waals surface area contributed by atoms with Gasteiger partial charge in [0.25, 0.3) is 10.0 Å². The Balaban J connectivity index is 1.39. The predicted molar refractivity (Wildman–Crippen MR) is 143 cm³/mol. The summed E-state index contributed by atoms with van der Waals surface area (Å²) in [7, 11) is -3.86. The second-order valence-corrected chi connectivity index (χ2v) is 11.0. The van der Waals surface area contributed by atoms with Crippen molar-refractivity contribution in [2.45, 2.75) is 56.4 Å². The molecule has 0 amide bonds. The summed E-state index contributed by atoms with van der Waals surface area (Å²) in [5, 5.41) is 4.55. The summed E-state index contributed by atoms with van der Waals surface area (Å²) in [6, 6.07) is 10.7. The Bertz CT molecular complexity index is 1490. The molecule has 0 radical (unpaired) electrons. The minimum atomic E-state index is -3.86. The molecule has 0 atom stereocenters. The zero-order chi connectivity index (χ0) is 25.1. The van der Waals surface area contributed by atoms with Gasteiger partial charge in [0.2, 0.25) is 5.95 Å². The van der Waals surface area contributed by atoms with Gasteiger partial charge in [-0.25, -0.2) is 28.4 Å². The Morgan fingerprint density at radius 1 is 1.00 bits per heavy atom.